The fourth-order valence-corrected chi connectivity index (χ4v) is 4.13. The first-order valence-electron chi connectivity index (χ1n) is 7.85. The van der Waals surface area contributed by atoms with Crippen LogP contribution in [0.2, 0.25) is 0 Å². The standard InChI is InChI=1S/C17H20BrNO4S2/c1-4-22-13-9-11(8-12(18)15(13)23-5-2)10-14-16(20)19(6-7-21-3)17(24)25-14/h8-10H,4-7H2,1-3H3. The molecule has 0 N–H and O–H groups in total. The van der Waals surface area contributed by atoms with Gasteiger partial charge in [-0.3, -0.25) is 9.69 Å². The summed E-state index contributed by atoms with van der Waals surface area (Å²) < 4.78 is 17.7. The second-order valence-electron chi connectivity index (χ2n) is 5.02. The van der Waals surface area contributed by atoms with Gasteiger partial charge in [-0.15, -0.1) is 0 Å². The van der Waals surface area contributed by atoms with Crippen LogP contribution in [-0.4, -0.2) is 48.6 Å². The van der Waals surface area contributed by atoms with Gasteiger partial charge in [-0.2, -0.15) is 0 Å². The Morgan fingerprint density at radius 3 is 2.64 bits per heavy atom. The molecule has 0 radical (unpaired) electrons. The summed E-state index contributed by atoms with van der Waals surface area (Å²) in [6.07, 6.45) is 1.81. The highest BCUT2D eigenvalue weighted by Crippen LogP contribution is 2.39. The Morgan fingerprint density at radius 2 is 2.00 bits per heavy atom. The topological polar surface area (TPSA) is 48.0 Å². The van der Waals surface area contributed by atoms with E-state index in [0.717, 1.165) is 10.0 Å². The number of rotatable bonds is 8. The van der Waals surface area contributed by atoms with E-state index in [-0.39, 0.29) is 5.91 Å². The van der Waals surface area contributed by atoms with E-state index in [2.05, 4.69) is 15.9 Å². The molecule has 1 fully saturated rings. The van der Waals surface area contributed by atoms with E-state index >= 15 is 0 Å². The van der Waals surface area contributed by atoms with E-state index in [1.807, 2.05) is 32.1 Å². The lowest BCUT2D eigenvalue weighted by molar-refractivity contribution is -0.122. The summed E-state index contributed by atoms with van der Waals surface area (Å²) in [6, 6.07) is 3.76. The van der Waals surface area contributed by atoms with E-state index in [1.54, 1.807) is 12.0 Å². The van der Waals surface area contributed by atoms with Crippen LogP contribution in [0.25, 0.3) is 6.08 Å². The molecule has 25 heavy (non-hydrogen) atoms. The Bertz CT molecular complexity index is 693. The van der Waals surface area contributed by atoms with Gasteiger partial charge in [0.1, 0.15) is 4.32 Å². The summed E-state index contributed by atoms with van der Waals surface area (Å²) in [7, 11) is 1.60. The van der Waals surface area contributed by atoms with Gasteiger partial charge in [-0.25, -0.2) is 0 Å². The van der Waals surface area contributed by atoms with E-state index in [4.69, 9.17) is 26.4 Å². The molecule has 1 saturated heterocycles. The van der Waals surface area contributed by atoms with Gasteiger partial charge in [0.05, 0.1) is 35.7 Å². The van der Waals surface area contributed by atoms with Crippen molar-refractivity contribution in [2.75, 3.05) is 33.5 Å². The number of carbonyl (C=O) groups excluding carboxylic acids is 1. The average Bonchev–Trinajstić information content (AvgIpc) is 2.83. The van der Waals surface area contributed by atoms with E-state index in [1.165, 1.54) is 11.8 Å². The van der Waals surface area contributed by atoms with Gasteiger partial charge < -0.3 is 14.2 Å². The summed E-state index contributed by atoms with van der Waals surface area (Å²) in [5.74, 6) is 1.20. The molecule has 1 heterocycles. The third-order valence-electron chi connectivity index (χ3n) is 3.31. The number of carbonyl (C=O) groups is 1. The zero-order chi connectivity index (χ0) is 18.4. The number of hydrogen-bond donors (Lipinski definition) is 0. The fourth-order valence-electron chi connectivity index (χ4n) is 2.25. The van der Waals surface area contributed by atoms with Gasteiger partial charge in [0, 0.05) is 7.11 Å². The molecule has 8 heteroatoms. The summed E-state index contributed by atoms with van der Waals surface area (Å²) in [5, 5.41) is 0. The third kappa shape index (κ3) is 4.97. The fraction of sp³-hybridized carbons (Fsp3) is 0.412. The molecule has 0 atom stereocenters. The van der Waals surface area contributed by atoms with Gasteiger partial charge in [-0.05, 0) is 53.5 Å². The van der Waals surface area contributed by atoms with Crippen LogP contribution in [0.4, 0.5) is 0 Å². The van der Waals surface area contributed by atoms with Crippen molar-refractivity contribution < 1.29 is 19.0 Å². The molecule has 0 unspecified atom stereocenters. The number of nitrogens with zero attached hydrogens (tertiary/aromatic N) is 1. The van der Waals surface area contributed by atoms with Crippen LogP contribution in [0.5, 0.6) is 11.5 Å². The minimum absolute atomic E-state index is 0.102. The van der Waals surface area contributed by atoms with E-state index in [9.17, 15) is 4.79 Å². The predicted molar refractivity (Wildman–Crippen MR) is 108 cm³/mol. The first-order chi connectivity index (χ1) is 12.0. The molecular weight excluding hydrogens is 426 g/mol. The Balaban J connectivity index is 2.31. The Labute approximate surface area is 165 Å². The highest BCUT2D eigenvalue weighted by molar-refractivity contribution is 9.10. The molecular formula is C17H20BrNO4S2. The van der Waals surface area contributed by atoms with Crippen LogP contribution >= 0.6 is 39.9 Å². The van der Waals surface area contributed by atoms with E-state index in [0.29, 0.717) is 47.1 Å². The molecule has 136 valence electrons. The molecule has 5 nitrogen and oxygen atoms in total. The predicted octanol–water partition coefficient (Wildman–Crippen LogP) is 4.09. The lowest BCUT2D eigenvalue weighted by Gasteiger charge is -2.14. The Hall–Kier alpha value is -1.09. The molecule has 1 amide bonds. The maximum Gasteiger partial charge on any atom is 0.266 e. The van der Waals surface area contributed by atoms with Crippen molar-refractivity contribution in [3.05, 3.63) is 27.1 Å². The van der Waals surface area contributed by atoms with Crippen molar-refractivity contribution in [3.8, 4) is 11.5 Å². The average molecular weight is 446 g/mol. The maximum atomic E-state index is 12.5. The summed E-state index contributed by atoms with van der Waals surface area (Å²) >= 11 is 10.1. The molecule has 1 aromatic rings. The largest absolute Gasteiger partial charge is 0.490 e. The third-order valence-corrected chi connectivity index (χ3v) is 5.28. The number of thioether (sulfide) groups is 1. The van der Waals surface area contributed by atoms with Crippen molar-refractivity contribution in [3.63, 3.8) is 0 Å². The SMILES string of the molecule is CCOc1cc(C=C2SC(=S)N(CCOC)C2=O)cc(Br)c1OCC. The molecule has 0 bridgehead atoms. The van der Waals surface area contributed by atoms with Gasteiger partial charge in [0.2, 0.25) is 0 Å². The molecule has 1 aromatic carbocycles. The molecule has 0 aliphatic carbocycles. The number of thiocarbonyl (C=S) groups is 1. The highest BCUT2D eigenvalue weighted by atomic mass is 79.9. The van der Waals surface area contributed by atoms with Crippen molar-refractivity contribution in [2.24, 2.45) is 0 Å². The van der Waals surface area contributed by atoms with Gasteiger partial charge in [0.25, 0.3) is 5.91 Å². The number of halogens is 1. The van der Waals surface area contributed by atoms with Gasteiger partial charge in [0.15, 0.2) is 11.5 Å². The number of hydrogen-bond acceptors (Lipinski definition) is 6. The summed E-state index contributed by atoms with van der Waals surface area (Å²) in [5.41, 5.74) is 0.839. The second kappa shape index (κ2) is 9.56. The van der Waals surface area contributed by atoms with Crippen molar-refractivity contribution in [2.45, 2.75) is 13.8 Å². The zero-order valence-electron chi connectivity index (χ0n) is 14.3. The first-order valence-corrected chi connectivity index (χ1v) is 9.87. The molecule has 0 aromatic heterocycles. The number of ether oxygens (including phenoxy) is 3. The van der Waals surface area contributed by atoms with Gasteiger partial charge in [-0.1, -0.05) is 24.0 Å². The number of methoxy groups -OCH3 is 1. The van der Waals surface area contributed by atoms with Crippen LogP contribution in [-0.2, 0) is 9.53 Å². The highest BCUT2D eigenvalue weighted by Gasteiger charge is 2.31. The number of amides is 1. The summed E-state index contributed by atoms with van der Waals surface area (Å²) in [4.78, 5) is 14.7. The summed E-state index contributed by atoms with van der Waals surface area (Å²) in [6.45, 7) is 5.79. The first kappa shape index (κ1) is 20.2. The molecule has 1 aliphatic heterocycles. The normalized spacial score (nSPS) is 16.0. The quantitative estimate of drug-likeness (QED) is 0.443. The minimum Gasteiger partial charge on any atom is -0.490 e. The lowest BCUT2D eigenvalue weighted by Crippen LogP contribution is -2.31. The lowest BCUT2D eigenvalue weighted by atomic mass is 10.2. The van der Waals surface area contributed by atoms with Gasteiger partial charge >= 0.3 is 0 Å². The van der Waals surface area contributed by atoms with Crippen LogP contribution in [0.15, 0.2) is 21.5 Å². The second-order valence-corrected chi connectivity index (χ2v) is 7.55. The van der Waals surface area contributed by atoms with Crippen molar-refractivity contribution in [1.29, 1.82) is 0 Å². The molecule has 0 spiro atoms. The number of benzene rings is 1. The molecule has 0 saturated carbocycles. The smallest absolute Gasteiger partial charge is 0.266 e. The van der Waals surface area contributed by atoms with Crippen LogP contribution in [0.1, 0.15) is 19.4 Å². The van der Waals surface area contributed by atoms with E-state index < -0.39 is 0 Å². The minimum atomic E-state index is -0.102. The van der Waals surface area contributed by atoms with Crippen LogP contribution in [0.3, 0.4) is 0 Å². The Morgan fingerprint density at radius 1 is 1.28 bits per heavy atom. The van der Waals surface area contributed by atoms with Crippen LogP contribution < -0.4 is 9.47 Å². The van der Waals surface area contributed by atoms with Crippen LogP contribution in [0, 0.1) is 0 Å². The zero-order valence-corrected chi connectivity index (χ0v) is 17.6. The van der Waals surface area contributed by atoms with Crippen molar-refractivity contribution in [1.82, 2.24) is 4.90 Å². The Kier molecular flexibility index (Phi) is 7.74. The maximum absolute atomic E-state index is 12.5. The molecule has 1 aliphatic rings. The monoisotopic (exact) mass is 445 g/mol. The molecule has 2 rings (SSSR count). The van der Waals surface area contributed by atoms with Crippen molar-refractivity contribution >= 4 is 56.2 Å².